The average Bonchev–Trinajstić information content (AvgIpc) is 3.53. The molecule has 0 bridgehead atoms. The quantitative estimate of drug-likeness (QED) is 0.340. The van der Waals surface area contributed by atoms with Crippen LogP contribution in [0.5, 0.6) is 0 Å². The lowest BCUT2D eigenvalue weighted by Crippen LogP contribution is -2.30. The Morgan fingerprint density at radius 1 is 1.09 bits per heavy atom. The van der Waals surface area contributed by atoms with Crippen molar-refractivity contribution in [2.45, 2.75) is 26.4 Å². The molecule has 4 aromatic rings. The zero-order valence-corrected chi connectivity index (χ0v) is 19.8. The van der Waals surface area contributed by atoms with Gasteiger partial charge in [0, 0.05) is 12.1 Å². The molecule has 0 spiro atoms. The van der Waals surface area contributed by atoms with Gasteiger partial charge in [0.15, 0.2) is 5.76 Å². The molecule has 1 aliphatic heterocycles. The molecule has 1 aliphatic rings. The van der Waals surface area contributed by atoms with Crippen molar-refractivity contribution in [2.75, 3.05) is 0 Å². The van der Waals surface area contributed by atoms with E-state index in [9.17, 15) is 19.1 Å². The maximum Gasteiger partial charge on any atom is 0.290 e. The van der Waals surface area contributed by atoms with Crippen LogP contribution in [0.1, 0.15) is 38.5 Å². The Hall–Kier alpha value is -4.04. The number of benzene rings is 2. The van der Waals surface area contributed by atoms with Gasteiger partial charge in [0.25, 0.3) is 5.91 Å². The highest BCUT2D eigenvalue weighted by atomic mass is 32.1. The van der Waals surface area contributed by atoms with Crippen molar-refractivity contribution in [2.24, 2.45) is 0 Å². The summed E-state index contributed by atoms with van der Waals surface area (Å²) in [7, 11) is 0. The first-order chi connectivity index (χ1) is 16.8. The summed E-state index contributed by atoms with van der Waals surface area (Å²) in [4.78, 5) is 33.2. The van der Waals surface area contributed by atoms with Crippen molar-refractivity contribution in [3.05, 3.63) is 112 Å². The van der Waals surface area contributed by atoms with Gasteiger partial charge >= 0.3 is 0 Å². The molecule has 2 aromatic carbocycles. The summed E-state index contributed by atoms with van der Waals surface area (Å²) < 4.78 is 19.2. The topological polar surface area (TPSA) is 83.6 Å². The molecule has 5 rings (SSSR count). The molecule has 1 atom stereocenters. The Morgan fingerprint density at radius 3 is 2.46 bits per heavy atom. The first kappa shape index (κ1) is 22.7. The fourth-order valence-corrected chi connectivity index (χ4v) is 5.19. The van der Waals surface area contributed by atoms with E-state index in [2.05, 4.69) is 4.98 Å². The number of amides is 1. The number of Topliss-reactive ketones (excluding diaryl/α,β-unsaturated/α-hetero) is 1. The van der Waals surface area contributed by atoms with Crippen LogP contribution >= 0.6 is 11.3 Å². The number of aromatic nitrogens is 1. The maximum absolute atomic E-state index is 13.8. The van der Waals surface area contributed by atoms with Gasteiger partial charge in [-0.25, -0.2) is 9.37 Å². The minimum absolute atomic E-state index is 0.0569. The van der Waals surface area contributed by atoms with Gasteiger partial charge in [-0.3, -0.25) is 9.59 Å². The predicted molar refractivity (Wildman–Crippen MR) is 129 cm³/mol. The van der Waals surface area contributed by atoms with Gasteiger partial charge in [-0.1, -0.05) is 42.5 Å². The summed E-state index contributed by atoms with van der Waals surface area (Å²) in [6.45, 7) is 3.54. The zero-order valence-electron chi connectivity index (χ0n) is 19.0. The van der Waals surface area contributed by atoms with E-state index in [1.54, 1.807) is 38.1 Å². The van der Waals surface area contributed by atoms with Crippen molar-refractivity contribution in [3.63, 3.8) is 0 Å². The second-order valence-electron chi connectivity index (χ2n) is 8.30. The summed E-state index contributed by atoms with van der Waals surface area (Å²) in [5, 5.41) is 11.6. The lowest BCUT2D eigenvalue weighted by atomic mass is 9.99. The minimum Gasteiger partial charge on any atom is -0.503 e. The molecule has 35 heavy (non-hydrogen) atoms. The van der Waals surface area contributed by atoms with Gasteiger partial charge in [-0.05, 0) is 43.7 Å². The largest absolute Gasteiger partial charge is 0.503 e. The number of nitrogens with zero attached hydrogens (tertiary/aromatic N) is 2. The Kier molecular flexibility index (Phi) is 5.82. The van der Waals surface area contributed by atoms with Gasteiger partial charge in [0.1, 0.15) is 28.4 Å². The number of aliphatic hydroxyl groups excluding tert-OH is 1. The summed E-state index contributed by atoms with van der Waals surface area (Å²) in [6, 6.07) is 17.7. The van der Waals surface area contributed by atoms with Crippen LogP contribution in [0.2, 0.25) is 0 Å². The van der Waals surface area contributed by atoms with E-state index in [-0.39, 0.29) is 12.1 Å². The second-order valence-corrected chi connectivity index (χ2v) is 9.30. The van der Waals surface area contributed by atoms with Crippen molar-refractivity contribution < 1.29 is 23.5 Å². The minimum atomic E-state index is -0.935. The summed E-state index contributed by atoms with van der Waals surface area (Å²) in [6.07, 6.45) is 0. The highest BCUT2D eigenvalue weighted by Crippen LogP contribution is 2.42. The van der Waals surface area contributed by atoms with E-state index < -0.39 is 29.3 Å². The number of furan rings is 1. The lowest BCUT2D eigenvalue weighted by Gasteiger charge is -2.25. The Balaban J connectivity index is 1.56. The summed E-state index contributed by atoms with van der Waals surface area (Å²) in [5.74, 6) is -1.23. The molecular weight excluding hydrogens is 467 g/mol. The van der Waals surface area contributed by atoms with Crippen LogP contribution < -0.4 is 0 Å². The van der Waals surface area contributed by atoms with Gasteiger partial charge in [0.2, 0.25) is 5.78 Å². The molecule has 2 aromatic heterocycles. The molecular formula is C27H21FN2O4S. The van der Waals surface area contributed by atoms with Crippen molar-refractivity contribution in [3.8, 4) is 10.6 Å². The first-order valence-corrected chi connectivity index (χ1v) is 11.8. The van der Waals surface area contributed by atoms with Gasteiger partial charge < -0.3 is 14.4 Å². The summed E-state index contributed by atoms with van der Waals surface area (Å²) >= 11 is 1.21. The Labute approximate surface area is 205 Å². The van der Waals surface area contributed by atoms with Crippen molar-refractivity contribution in [1.29, 1.82) is 0 Å². The van der Waals surface area contributed by atoms with E-state index in [0.717, 1.165) is 5.56 Å². The molecule has 176 valence electrons. The van der Waals surface area contributed by atoms with Crippen LogP contribution in [0.4, 0.5) is 4.39 Å². The number of ketones is 1. The third kappa shape index (κ3) is 4.17. The second kappa shape index (κ2) is 8.96. The van der Waals surface area contributed by atoms with E-state index in [1.807, 2.05) is 30.3 Å². The molecule has 1 N–H and O–H groups in total. The van der Waals surface area contributed by atoms with Crippen LogP contribution in [0.3, 0.4) is 0 Å². The fraction of sp³-hybridized carbons (Fsp3) is 0.148. The number of halogens is 1. The molecule has 0 saturated heterocycles. The third-order valence-corrected chi connectivity index (χ3v) is 7.07. The van der Waals surface area contributed by atoms with Crippen LogP contribution in [0.25, 0.3) is 10.6 Å². The number of carbonyl (C=O) groups is 2. The number of hydrogen-bond donors (Lipinski definition) is 1. The number of rotatable bonds is 6. The number of thiazole rings is 1. The Bertz CT molecular complexity index is 1450. The summed E-state index contributed by atoms with van der Waals surface area (Å²) in [5.41, 5.74) is 1.97. The average molecular weight is 489 g/mol. The van der Waals surface area contributed by atoms with Gasteiger partial charge in [-0.2, -0.15) is 0 Å². The maximum atomic E-state index is 13.8. The standard InChI is InChI=1S/C27H21FN2O4S/c1-15-8-13-20(34-15)22-21(24(32)27(33)30(22)14-17-9-11-19(28)12-10-17)23(31)25-16(2)29-26(35-25)18-6-4-3-5-7-18/h3-13,22,32H,14H2,1-2H3. The molecule has 0 radical (unpaired) electrons. The molecule has 3 heterocycles. The van der Waals surface area contributed by atoms with Crippen LogP contribution in [0.15, 0.2) is 82.5 Å². The first-order valence-electron chi connectivity index (χ1n) is 11.0. The smallest absolute Gasteiger partial charge is 0.290 e. The molecule has 1 unspecified atom stereocenters. The van der Waals surface area contributed by atoms with Crippen LogP contribution in [-0.2, 0) is 11.3 Å². The monoisotopic (exact) mass is 488 g/mol. The molecule has 6 nitrogen and oxygen atoms in total. The van der Waals surface area contributed by atoms with Gasteiger partial charge in [0.05, 0.1) is 16.1 Å². The van der Waals surface area contributed by atoms with E-state index in [1.165, 1.54) is 28.4 Å². The normalized spacial score (nSPS) is 15.8. The fourth-order valence-electron chi connectivity index (χ4n) is 4.16. The SMILES string of the molecule is Cc1ccc(C2C(C(=O)c3sc(-c4ccccc4)nc3C)=C(O)C(=O)N2Cc2ccc(F)cc2)o1. The van der Waals surface area contributed by atoms with Crippen molar-refractivity contribution >= 4 is 23.0 Å². The third-order valence-electron chi connectivity index (χ3n) is 5.87. The molecule has 8 heteroatoms. The van der Waals surface area contributed by atoms with Gasteiger partial charge in [-0.15, -0.1) is 11.3 Å². The predicted octanol–water partition coefficient (Wildman–Crippen LogP) is 5.94. The lowest BCUT2D eigenvalue weighted by molar-refractivity contribution is -0.130. The van der Waals surface area contributed by atoms with E-state index >= 15 is 0 Å². The molecule has 0 aliphatic carbocycles. The van der Waals surface area contributed by atoms with Crippen molar-refractivity contribution in [1.82, 2.24) is 9.88 Å². The van der Waals surface area contributed by atoms with E-state index in [0.29, 0.717) is 32.7 Å². The van der Waals surface area contributed by atoms with Crippen LogP contribution in [-0.4, -0.2) is 26.7 Å². The van der Waals surface area contributed by atoms with E-state index in [4.69, 9.17) is 4.42 Å². The zero-order chi connectivity index (χ0) is 24.7. The number of aryl methyl sites for hydroxylation is 2. The highest BCUT2D eigenvalue weighted by molar-refractivity contribution is 7.17. The number of carbonyl (C=O) groups excluding carboxylic acids is 2. The molecule has 0 fully saturated rings. The van der Waals surface area contributed by atoms with Crippen LogP contribution in [0, 0.1) is 19.7 Å². The number of hydrogen-bond acceptors (Lipinski definition) is 6. The molecule has 0 saturated carbocycles. The Morgan fingerprint density at radius 2 is 1.80 bits per heavy atom. The highest BCUT2D eigenvalue weighted by Gasteiger charge is 2.46. The molecule has 1 amide bonds. The number of aliphatic hydroxyl groups is 1.